The molecule has 1 heterocycles. The Kier molecular flexibility index (Phi) is 6.87. The minimum atomic E-state index is -0.426. The fourth-order valence-electron chi connectivity index (χ4n) is 2.15. The average molecular weight is 319 g/mol. The third-order valence-electron chi connectivity index (χ3n) is 3.23. The molecule has 1 atom stereocenters. The second kappa shape index (κ2) is 8.17. The standard InChI is InChI=1S/C14H19FN2O3.ClH/c1-17(14(18)12-9-20-6-5-16-12)8-10-3-4-13(19-2)11(15)7-10;/h3-4,7,12,16H,5-6,8-9H2,1-2H3;1H. The van der Waals surface area contributed by atoms with Gasteiger partial charge in [-0.2, -0.15) is 0 Å². The lowest BCUT2D eigenvalue weighted by Gasteiger charge is -2.27. The van der Waals surface area contributed by atoms with E-state index in [0.717, 1.165) is 5.56 Å². The Labute approximate surface area is 129 Å². The van der Waals surface area contributed by atoms with Crippen LogP contribution in [0.25, 0.3) is 0 Å². The first-order chi connectivity index (χ1) is 9.61. The molecule has 5 nitrogen and oxygen atoms in total. The van der Waals surface area contributed by atoms with Gasteiger partial charge in [0, 0.05) is 20.1 Å². The highest BCUT2D eigenvalue weighted by Gasteiger charge is 2.24. The van der Waals surface area contributed by atoms with Crippen molar-refractivity contribution in [2.75, 3.05) is 33.9 Å². The fourth-order valence-corrected chi connectivity index (χ4v) is 2.15. The molecule has 0 aromatic heterocycles. The number of hydrogen-bond donors (Lipinski definition) is 1. The number of ether oxygens (including phenoxy) is 2. The molecule has 1 aliphatic heterocycles. The van der Waals surface area contributed by atoms with E-state index in [-0.39, 0.29) is 30.1 Å². The van der Waals surface area contributed by atoms with E-state index in [9.17, 15) is 9.18 Å². The Hall–Kier alpha value is -1.37. The fraction of sp³-hybridized carbons (Fsp3) is 0.500. The number of amides is 1. The molecule has 0 spiro atoms. The van der Waals surface area contributed by atoms with Crippen LogP contribution in [0.15, 0.2) is 18.2 Å². The molecule has 1 unspecified atom stereocenters. The van der Waals surface area contributed by atoms with Crippen LogP contribution in [-0.4, -0.2) is 50.8 Å². The largest absolute Gasteiger partial charge is 0.494 e. The summed E-state index contributed by atoms with van der Waals surface area (Å²) >= 11 is 0. The van der Waals surface area contributed by atoms with E-state index in [1.807, 2.05) is 0 Å². The van der Waals surface area contributed by atoms with Crippen LogP contribution in [0.5, 0.6) is 5.75 Å². The van der Waals surface area contributed by atoms with E-state index in [2.05, 4.69) is 5.32 Å². The zero-order valence-electron chi connectivity index (χ0n) is 12.1. The number of morpholine rings is 1. The monoisotopic (exact) mass is 318 g/mol. The van der Waals surface area contributed by atoms with Crippen LogP contribution in [0.1, 0.15) is 5.56 Å². The number of nitrogens with zero attached hydrogens (tertiary/aromatic N) is 1. The summed E-state index contributed by atoms with van der Waals surface area (Å²) < 4.78 is 23.7. The Balaban J connectivity index is 0.00000220. The number of hydrogen-bond acceptors (Lipinski definition) is 4. The minimum absolute atomic E-state index is 0. The molecular formula is C14H20ClFN2O3. The molecule has 2 rings (SSSR count). The quantitative estimate of drug-likeness (QED) is 0.906. The molecule has 1 aliphatic rings. The van der Waals surface area contributed by atoms with Gasteiger partial charge in [0.15, 0.2) is 11.6 Å². The third kappa shape index (κ3) is 4.56. The first-order valence-electron chi connectivity index (χ1n) is 6.50. The van der Waals surface area contributed by atoms with Gasteiger partial charge in [-0.3, -0.25) is 4.79 Å². The van der Waals surface area contributed by atoms with E-state index >= 15 is 0 Å². The maximum absolute atomic E-state index is 13.6. The number of methoxy groups -OCH3 is 1. The molecular weight excluding hydrogens is 299 g/mol. The van der Waals surface area contributed by atoms with Gasteiger partial charge in [0.2, 0.25) is 5.91 Å². The Bertz CT molecular complexity index is 481. The van der Waals surface area contributed by atoms with Gasteiger partial charge in [-0.25, -0.2) is 4.39 Å². The van der Waals surface area contributed by atoms with Gasteiger partial charge in [-0.1, -0.05) is 6.07 Å². The van der Waals surface area contributed by atoms with Gasteiger partial charge in [-0.15, -0.1) is 12.4 Å². The van der Waals surface area contributed by atoms with Crippen LogP contribution in [0.2, 0.25) is 0 Å². The first kappa shape index (κ1) is 17.7. The van der Waals surface area contributed by atoms with Crippen LogP contribution in [0.3, 0.4) is 0 Å². The Morgan fingerprint density at radius 2 is 2.33 bits per heavy atom. The van der Waals surface area contributed by atoms with E-state index < -0.39 is 5.82 Å². The van der Waals surface area contributed by atoms with Crippen molar-refractivity contribution in [3.8, 4) is 5.75 Å². The molecule has 118 valence electrons. The Morgan fingerprint density at radius 3 is 2.90 bits per heavy atom. The summed E-state index contributed by atoms with van der Waals surface area (Å²) in [6.07, 6.45) is 0. The molecule has 0 aliphatic carbocycles. The van der Waals surface area contributed by atoms with Crippen molar-refractivity contribution < 1.29 is 18.7 Å². The van der Waals surface area contributed by atoms with Crippen molar-refractivity contribution in [1.29, 1.82) is 0 Å². The third-order valence-corrected chi connectivity index (χ3v) is 3.23. The topological polar surface area (TPSA) is 50.8 Å². The van der Waals surface area contributed by atoms with E-state index in [0.29, 0.717) is 26.3 Å². The van der Waals surface area contributed by atoms with Crippen molar-refractivity contribution in [2.24, 2.45) is 0 Å². The molecule has 1 amide bonds. The molecule has 0 radical (unpaired) electrons. The number of benzene rings is 1. The predicted molar refractivity (Wildman–Crippen MR) is 79.3 cm³/mol. The summed E-state index contributed by atoms with van der Waals surface area (Å²) in [5.74, 6) is -0.282. The van der Waals surface area contributed by atoms with Crippen LogP contribution >= 0.6 is 12.4 Å². The SMILES string of the molecule is COc1ccc(CN(C)C(=O)C2COCCN2)cc1F.Cl. The van der Waals surface area contributed by atoms with Crippen molar-refractivity contribution in [3.63, 3.8) is 0 Å². The molecule has 0 bridgehead atoms. The molecule has 7 heteroatoms. The summed E-state index contributed by atoms with van der Waals surface area (Å²) in [4.78, 5) is 13.7. The molecule has 1 fully saturated rings. The van der Waals surface area contributed by atoms with Crippen molar-refractivity contribution in [2.45, 2.75) is 12.6 Å². The highest BCUT2D eigenvalue weighted by molar-refractivity contribution is 5.85. The van der Waals surface area contributed by atoms with Gasteiger partial charge in [-0.05, 0) is 17.7 Å². The predicted octanol–water partition coefficient (Wildman–Crippen LogP) is 1.20. The summed E-state index contributed by atoms with van der Waals surface area (Å²) in [6, 6.07) is 4.37. The van der Waals surface area contributed by atoms with E-state index in [1.165, 1.54) is 13.2 Å². The maximum Gasteiger partial charge on any atom is 0.242 e. The molecule has 1 saturated heterocycles. The average Bonchev–Trinajstić information content (AvgIpc) is 2.47. The molecule has 0 saturated carbocycles. The lowest BCUT2D eigenvalue weighted by molar-refractivity contribution is -0.135. The van der Waals surface area contributed by atoms with Crippen LogP contribution in [-0.2, 0) is 16.1 Å². The van der Waals surface area contributed by atoms with Crippen LogP contribution < -0.4 is 10.1 Å². The molecule has 1 aromatic rings. The summed E-state index contributed by atoms with van der Waals surface area (Å²) in [6.45, 7) is 2.01. The lowest BCUT2D eigenvalue weighted by atomic mass is 10.1. The summed E-state index contributed by atoms with van der Waals surface area (Å²) in [5, 5.41) is 3.10. The van der Waals surface area contributed by atoms with E-state index in [4.69, 9.17) is 9.47 Å². The summed E-state index contributed by atoms with van der Waals surface area (Å²) in [7, 11) is 3.11. The second-order valence-electron chi connectivity index (χ2n) is 4.74. The zero-order valence-corrected chi connectivity index (χ0v) is 12.9. The maximum atomic E-state index is 13.6. The first-order valence-corrected chi connectivity index (χ1v) is 6.50. The number of rotatable bonds is 4. The minimum Gasteiger partial charge on any atom is -0.494 e. The van der Waals surface area contributed by atoms with Gasteiger partial charge < -0.3 is 19.7 Å². The smallest absolute Gasteiger partial charge is 0.242 e. The van der Waals surface area contributed by atoms with Gasteiger partial charge in [0.25, 0.3) is 0 Å². The number of nitrogens with one attached hydrogen (secondary N) is 1. The normalized spacial score (nSPS) is 17.8. The van der Waals surface area contributed by atoms with Crippen LogP contribution in [0, 0.1) is 5.82 Å². The highest BCUT2D eigenvalue weighted by atomic mass is 35.5. The second-order valence-corrected chi connectivity index (χ2v) is 4.74. The van der Waals surface area contributed by atoms with E-state index in [1.54, 1.807) is 24.1 Å². The number of halogens is 2. The highest BCUT2D eigenvalue weighted by Crippen LogP contribution is 2.18. The Morgan fingerprint density at radius 1 is 1.57 bits per heavy atom. The van der Waals surface area contributed by atoms with Gasteiger partial charge in [0.1, 0.15) is 6.04 Å². The van der Waals surface area contributed by atoms with Crippen molar-refractivity contribution in [1.82, 2.24) is 10.2 Å². The number of carbonyl (C=O) groups excluding carboxylic acids is 1. The number of carbonyl (C=O) groups is 1. The van der Waals surface area contributed by atoms with Gasteiger partial charge >= 0.3 is 0 Å². The van der Waals surface area contributed by atoms with Gasteiger partial charge in [0.05, 0.1) is 20.3 Å². The van der Waals surface area contributed by atoms with Crippen molar-refractivity contribution >= 4 is 18.3 Å². The molecule has 1 aromatic carbocycles. The van der Waals surface area contributed by atoms with Crippen LogP contribution in [0.4, 0.5) is 4.39 Å². The zero-order chi connectivity index (χ0) is 14.5. The lowest BCUT2D eigenvalue weighted by Crippen LogP contribution is -2.51. The molecule has 21 heavy (non-hydrogen) atoms. The summed E-state index contributed by atoms with van der Waals surface area (Å²) in [5.41, 5.74) is 0.718. The molecule has 1 N–H and O–H groups in total. The number of likely N-dealkylation sites (N-methyl/N-ethyl adjacent to an activating group) is 1. The van der Waals surface area contributed by atoms with Crippen molar-refractivity contribution in [3.05, 3.63) is 29.6 Å².